The lowest BCUT2D eigenvalue weighted by atomic mass is 9.76. The van der Waals surface area contributed by atoms with E-state index in [0.29, 0.717) is 13.2 Å². The minimum atomic E-state index is -0.0305. The first kappa shape index (κ1) is 18.5. The molecular formula is C21H28N2O3. The number of allylic oxidation sites excluding steroid dienone is 2. The van der Waals surface area contributed by atoms with Crippen molar-refractivity contribution in [3.8, 4) is 11.5 Å². The molecule has 1 aromatic carbocycles. The summed E-state index contributed by atoms with van der Waals surface area (Å²) in [6.07, 6.45) is 5.90. The summed E-state index contributed by atoms with van der Waals surface area (Å²) < 4.78 is 11.5. The van der Waals surface area contributed by atoms with Gasteiger partial charge >= 0.3 is 0 Å². The summed E-state index contributed by atoms with van der Waals surface area (Å²) in [6.45, 7) is 9.08. The first-order chi connectivity index (χ1) is 12.6. The Morgan fingerprint density at radius 3 is 2.38 bits per heavy atom. The van der Waals surface area contributed by atoms with E-state index in [1.165, 1.54) is 0 Å². The Balaban J connectivity index is 2.04. The van der Waals surface area contributed by atoms with Gasteiger partial charge in [-0.15, -0.1) is 0 Å². The van der Waals surface area contributed by atoms with Crippen LogP contribution in [0.4, 0.5) is 0 Å². The number of carbonyl (C=O) groups excluding carboxylic acids is 1. The van der Waals surface area contributed by atoms with Crippen LogP contribution in [0.15, 0.2) is 35.5 Å². The first-order valence-corrected chi connectivity index (χ1v) is 9.53. The molecule has 1 aromatic rings. The maximum Gasteiger partial charge on any atom is 0.247 e. The van der Waals surface area contributed by atoms with Crippen LogP contribution >= 0.6 is 0 Å². The molecule has 0 bridgehead atoms. The molecule has 2 atom stereocenters. The maximum atomic E-state index is 12.8. The van der Waals surface area contributed by atoms with Gasteiger partial charge < -0.3 is 9.47 Å². The molecule has 0 radical (unpaired) electrons. The van der Waals surface area contributed by atoms with E-state index in [4.69, 9.17) is 14.6 Å². The van der Waals surface area contributed by atoms with E-state index < -0.39 is 0 Å². The number of nitrogens with zero attached hydrogens (tertiary/aromatic N) is 2. The monoisotopic (exact) mass is 356 g/mol. The van der Waals surface area contributed by atoms with Crippen LogP contribution in [0, 0.1) is 11.8 Å². The topological polar surface area (TPSA) is 51.1 Å². The van der Waals surface area contributed by atoms with Crippen molar-refractivity contribution in [3.05, 3.63) is 35.9 Å². The van der Waals surface area contributed by atoms with Crippen LogP contribution in [-0.2, 0) is 4.79 Å². The molecule has 1 heterocycles. The molecule has 2 aliphatic rings. The van der Waals surface area contributed by atoms with Crippen molar-refractivity contribution in [3.63, 3.8) is 0 Å². The lowest BCUT2D eigenvalue weighted by Crippen LogP contribution is -2.47. The highest BCUT2D eigenvalue weighted by Gasteiger charge is 2.40. The van der Waals surface area contributed by atoms with Crippen LogP contribution < -0.4 is 9.47 Å². The average molecular weight is 356 g/mol. The van der Waals surface area contributed by atoms with Crippen molar-refractivity contribution in [2.45, 2.75) is 46.6 Å². The van der Waals surface area contributed by atoms with Crippen molar-refractivity contribution < 1.29 is 14.3 Å². The molecule has 1 amide bonds. The van der Waals surface area contributed by atoms with Gasteiger partial charge in [0.05, 0.1) is 24.8 Å². The second-order valence-electron chi connectivity index (χ2n) is 6.95. The molecule has 0 saturated carbocycles. The minimum Gasteiger partial charge on any atom is -0.490 e. The van der Waals surface area contributed by atoms with E-state index >= 15 is 0 Å². The van der Waals surface area contributed by atoms with Crippen LogP contribution in [0.1, 0.15) is 46.1 Å². The van der Waals surface area contributed by atoms with Gasteiger partial charge in [0, 0.05) is 17.5 Å². The molecule has 5 heteroatoms. The lowest BCUT2D eigenvalue weighted by Gasteiger charge is -2.38. The molecular weight excluding hydrogens is 328 g/mol. The highest BCUT2D eigenvalue weighted by Crippen LogP contribution is 2.37. The van der Waals surface area contributed by atoms with Gasteiger partial charge in [0.25, 0.3) is 0 Å². The number of benzene rings is 1. The van der Waals surface area contributed by atoms with E-state index in [1.807, 2.05) is 45.9 Å². The zero-order valence-electron chi connectivity index (χ0n) is 16.1. The highest BCUT2D eigenvalue weighted by molar-refractivity contribution is 6.07. The third-order valence-corrected chi connectivity index (χ3v) is 4.87. The summed E-state index contributed by atoms with van der Waals surface area (Å²) in [5.41, 5.74) is 1.97. The predicted molar refractivity (Wildman–Crippen MR) is 103 cm³/mol. The summed E-state index contributed by atoms with van der Waals surface area (Å²) in [7, 11) is 0. The number of hydrogen-bond acceptors (Lipinski definition) is 4. The Morgan fingerprint density at radius 2 is 1.73 bits per heavy atom. The van der Waals surface area contributed by atoms with Crippen LogP contribution in [0.5, 0.6) is 11.5 Å². The van der Waals surface area contributed by atoms with E-state index in [2.05, 4.69) is 12.2 Å². The molecule has 3 rings (SSSR count). The number of carbonyl (C=O) groups is 1. The molecule has 0 spiro atoms. The number of hydrogen-bond donors (Lipinski definition) is 0. The minimum absolute atomic E-state index is 0.0305. The second kappa shape index (κ2) is 7.94. The summed E-state index contributed by atoms with van der Waals surface area (Å²) in [4.78, 5) is 12.8. The molecule has 0 fully saturated rings. The number of ether oxygens (including phenoxy) is 2. The summed E-state index contributed by atoms with van der Waals surface area (Å²) in [6, 6.07) is 6.00. The van der Waals surface area contributed by atoms with Crippen molar-refractivity contribution in [2.75, 3.05) is 13.2 Å². The standard InChI is InChI=1S/C21H28N2O3/c1-5-25-18-12-11-15(13-19(18)26-6-2)20-16-9-7-8-10-17(16)21(24)23(22-20)14(3)4/h7-8,11-14,16-17H,5-6,9-10H2,1-4H3. The van der Waals surface area contributed by atoms with E-state index in [-0.39, 0.29) is 23.8 Å². The number of fused-ring (bicyclic) bond motifs is 1. The summed E-state index contributed by atoms with van der Waals surface area (Å²) >= 11 is 0. The molecule has 0 aromatic heterocycles. The molecule has 0 N–H and O–H groups in total. The zero-order valence-corrected chi connectivity index (χ0v) is 16.1. The van der Waals surface area contributed by atoms with Gasteiger partial charge in [-0.25, -0.2) is 5.01 Å². The van der Waals surface area contributed by atoms with Crippen molar-refractivity contribution in [2.24, 2.45) is 16.9 Å². The predicted octanol–water partition coefficient (Wildman–Crippen LogP) is 4.02. The third-order valence-electron chi connectivity index (χ3n) is 4.87. The quantitative estimate of drug-likeness (QED) is 0.723. The number of hydrazone groups is 1. The summed E-state index contributed by atoms with van der Waals surface area (Å²) in [5.74, 6) is 1.69. The fourth-order valence-corrected chi connectivity index (χ4v) is 3.65. The van der Waals surface area contributed by atoms with Gasteiger partial charge in [-0.2, -0.15) is 5.10 Å². The lowest BCUT2D eigenvalue weighted by molar-refractivity contribution is -0.139. The maximum absolute atomic E-state index is 12.8. The number of rotatable bonds is 6. The smallest absolute Gasteiger partial charge is 0.247 e. The molecule has 26 heavy (non-hydrogen) atoms. The number of amides is 1. The van der Waals surface area contributed by atoms with Crippen molar-refractivity contribution >= 4 is 11.6 Å². The average Bonchev–Trinajstić information content (AvgIpc) is 2.64. The van der Waals surface area contributed by atoms with Crippen molar-refractivity contribution in [1.82, 2.24) is 5.01 Å². The molecule has 1 aliphatic heterocycles. The molecule has 1 aliphatic carbocycles. The third kappa shape index (κ3) is 3.48. The van der Waals surface area contributed by atoms with Crippen LogP contribution in [0.3, 0.4) is 0 Å². The Kier molecular flexibility index (Phi) is 5.64. The van der Waals surface area contributed by atoms with E-state index in [0.717, 1.165) is 35.6 Å². The fourth-order valence-electron chi connectivity index (χ4n) is 3.65. The van der Waals surface area contributed by atoms with E-state index in [1.54, 1.807) is 5.01 Å². The highest BCUT2D eigenvalue weighted by atomic mass is 16.5. The largest absolute Gasteiger partial charge is 0.490 e. The molecule has 5 nitrogen and oxygen atoms in total. The Hall–Kier alpha value is -2.30. The zero-order chi connectivity index (χ0) is 18.7. The van der Waals surface area contributed by atoms with Crippen LogP contribution in [0.2, 0.25) is 0 Å². The first-order valence-electron chi connectivity index (χ1n) is 9.53. The van der Waals surface area contributed by atoms with Gasteiger partial charge in [0.2, 0.25) is 5.91 Å². The van der Waals surface area contributed by atoms with Crippen LogP contribution in [-0.4, -0.2) is 35.9 Å². The fraction of sp³-hybridized carbons (Fsp3) is 0.524. The van der Waals surface area contributed by atoms with Crippen LogP contribution in [0.25, 0.3) is 0 Å². The van der Waals surface area contributed by atoms with Gasteiger partial charge in [-0.1, -0.05) is 12.2 Å². The Labute approximate surface area is 155 Å². The van der Waals surface area contributed by atoms with Gasteiger partial charge in [-0.3, -0.25) is 4.79 Å². The Morgan fingerprint density at radius 1 is 1.08 bits per heavy atom. The molecule has 2 unspecified atom stereocenters. The van der Waals surface area contributed by atoms with Gasteiger partial charge in [0.1, 0.15) is 0 Å². The van der Waals surface area contributed by atoms with Gasteiger partial charge in [-0.05, 0) is 58.7 Å². The summed E-state index contributed by atoms with van der Waals surface area (Å²) in [5, 5.41) is 6.41. The van der Waals surface area contributed by atoms with Crippen molar-refractivity contribution in [1.29, 1.82) is 0 Å². The second-order valence-corrected chi connectivity index (χ2v) is 6.95. The molecule has 0 saturated heterocycles. The Bertz CT molecular complexity index is 724. The van der Waals surface area contributed by atoms with Gasteiger partial charge in [0.15, 0.2) is 11.5 Å². The SMILES string of the molecule is CCOc1ccc(C2=NN(C(C)C)C(=O)C3CC=CCC23)cc1OCC. The van der Waals surface area contributed by atoms with E-state index in [9.17, 15) is 4.79 Å². The normalized spacial score (nSPS) is 22.3. The molecule has 140 valence electrons.